The smallest absolute Gasteiger partial charge is 0.329 e. The number of rotatable bonds is 3. The Hall–Kier alpha value is -3.20. The van der Waals surface area contributed by atoms with Crippen molar-refractivity contribution in [2.45, 2.75) is 37.5 Å². The summed E-state index contributed by atoms with van der Waals surface area (Å²) in [6.45, 7) is 1.59. The summed E-state index contributed by atoms with van der Waals surface area (Å²) in [6, 6.07) is 8.54. The van der Waals surface area contributed by atoms with Crippen LogP contribution in [0.4, 0.5) is 22.1 Å². The molecule has 9 heteroatoms. The monoisotopic (exact) mass is 394 g/mol. The third-order valence-corrected chi connectivity index (χ3v) is 5.75. The highest BCUT2D eigenvalue weighted by Crippen LogP contribution is 2.39. The second kappa shape index (κ2) is 7.00. The Balaban J connectivity index is 1.42. The Bertz CT molecular complexity index is 946. The summed E-state index contributed by atoms with van der Waals surface area (Å²) < 4.78 is 0. The molecule has 0 spiro atoms. The van der Waals surface area contributed by atoms with E-state index in [1.807, 2.05) is 12.1 Å². The Kier molecular flexibility index (Phi) is 4.31. The van der Waals surface area contributed by atoms with Crippen molar-refractivity contribution in [1.29, 1.82) is 0 Å². The van der Waals surface area contributed by atoms with Gasteiger partial charge < -0.3 is 15.3 Å². The fourth-order valence-electron chi connectivity index (χ4n) is 4.17. The first-order valence-electron chi connectivity index (χ1n) is 9.84. The van der Waals surface area contributed by atoms with E-state index in [2.05, 4.69) is 25.5 Å². The number of aliphatic hydroxyl groups is 1. The number of fused-ring (bicyclic) bond motifs is 4. The van der Waals surface area contributed by atoms with Crippen LogP contribution in [0.2, 0.25) is 0 Å². The zero-order valence-corrected chi connectivity index (χ0v) is 15.8. The maximum Gasteiger partial charge on any atom is 0.329 e. The zero-order chi connectivity index (χ0) is 20.0. The van der Waals surface area contributed by atoms with E-state index in [1.54, 1.807) is 29.3 Å². The molecule has 0 radical (unpaired) electrons. The molecule has 4 heterocycles. The number of hydrogen-bond acceptors (Lipinski definition) is 6. The number of amides is 3. The molecule has 3 amide bonds. The van der Waals surface area contributed by atoms with Gasteiger partial charge in [-0.15, -0.1) is 0 Å². The maximum atomic E-state index is 13.1. The molecular formula is C20H22N6O3. The lowest BCUT2D eigenvalue weighted by Gasteiger charge is -2.36. The SMILES string of the molecule is O=C(N[C@H]1C[C@H](O)C1)c1ccc2c(n1)N(C(=O)Nc1ccccn1)C1CCN2C1. The largest absolute Gasteiger partial charge is 0.393 e. The zero-order valence-electron chi connectivity index (χ0n) is 15.8. The molecule has 1 saturated carbocycles. The third kappa shape index (κ3) is 3.27. The summed E-state index contributed by atoms with van der Waals surface area (Å²) >= 11 is 0. The Morgan fingerprint density at radius 1 is 1.17 bits per heavy atom. The van der Waals surface area contributed by atoms with Gasteiger partial charge in [0.2, 0.25) is 0 Å². The molecule has 1 unspecified atom stereocenters. The van der Waals surface area contributed by atoms with Crippen molar-refractivity contribution < 1.29 is 14.7 Å². The molecule has 2 fully saturated rings. The van der Waals surface area contributed by atoms with Gasteiger partial charge in [-0.1, -0.05) is 6.07 Å². The van der Waals surface area contributed by atoms with Gasteiger partial charge in [-0.05, 0) is 43.5 Å². The molecule has 3 aliphatic rings. The van der Waals surface area contributed by atoms with Crippen LogP contribution in [0.15, 0.2) is 36.5 Å². The van der Waals surface area contributed by atoms with E-state index < -0.39 is 0 Å². The molecule has 5 rings (SSSR count). The fourth-order valence-corrected chi connectivity index (χ4v) is 4.17. The van der Waals surface area contributed by atoms with Crippen LogP contribution in [0, 0.1) is 0 Å². The molecule has 3 N–H and O–H groups in total. The second-order valence-corrected chi connectivity index (χ2v) is 7.74. The van der Waals surface area contributed by atoms with Gasteiger partial charge in [-0.2, -0.15) is 0 Å². The summed E-state index contributed by atoms with van der Waals surface area (Å²) in [4.78, 5) is 38.2. The fraction of sp³-hybridized carbons (Fsp3) is 0.400. The molecule has 2 aliphatic heterocycles. The predicted octanol–water partition coefficient (Wildman–Crippen LogP) is 1.36. The van der Waals surface area contributed by atoms with Gasteiger partial charge in [0.1, 0.15) is 11.5 Å². The number of carbonyl (C=O) groups excluding carboxylic acids is 2. The quantitative estimate of drug-likeness (QED) is 0.725. The number of carbonyl (C=O) groups is 2. The molecule has 2 aromatic rings. The number of urea groups is 1. The molecule has 9 nitrogen and oxygen atoms in total. The normalized spacial score (nSPS) is 24.5. The van der Waals surface area contributed by atoms with E-state index in [0.717, 1.165) is 25.2 Å². The van der Waals surface area contributed by atoms with Gasteiger partial charge in [-0.3, -0.25) is 15.0 Å². The average molecular weight is 394 g/mol. The van der Waals surface area contributed by atoms with Crippen molar-refractivity contribution in [3.63, 3.8) is 0 Å². The summed E-state index contributed by atoms with van der Waals surface area (Å²) in [5, 5.41) is 15.1. The number of hydrogen-bond donors (Lipinski definition) is 3. The van der Waals surface area contributed by atoms with Gasteiger partial charge in [0.15, 0.2) is 5.82 Å². The van der Waals surface area contributed by atoms with Crippen LogP contribution in [0.5, 0.6) is 0 Å². The van der Waals surface area contributed by atoms with E-state index in [-0.39, 0.29) is 35.8 Å². The molecule has 29 heavy (non-hydrogen) atoms. The lowest BCUT2D eigenvalue weighted by atomic mass is 9.89. The minimum Gasteiger partial charge on any atom is -0.393 e. The number of aromatic nitrogens is 2. The standard InChI is InChI=1S/C20H22N6O3/c27-14-9-12(10-14)22-19(28)15-4-5-16-18(23-15)26(13-6-8-25(16)11-13)20(29)24-17-3-1-2-7-21-17/h1-5,7,12-14,27H,6,8-11H2,(H,22,28)(H,21,24,29)/t12-,13?,14-. The Morgan fingerprint density at radius 3 is 2.79 bits per heavy atom. The number of nitrogens with zero attached hydrogens (tertiary/aromatic N) is 4. The predicted molar refractivity (Wildman–Crippen MR) is 107 cm³/mol. The maximum absolute atomic E-state index is 13.1. The van der Waals surface area contributed by atoms with E-state index in [9.17, 15) is 14.7 Å². The molecule has 1 aliphatic carbocycles. The molecule has 2 aromatic heterocycles. The minimum atomic E-state index is -0.342. The first-order chi connectivity index (χ1) is 14.1. The van der Waals surface area contributed by atoms with Crippen LogP contribution in [0.25, 0.3) is 0 Å². The average Bonchev–Trinajstić information content (AvgIpc) is 3.11. The highest BCUT2D eigenvalue weighted by Gasteiger charge is 2.40. The third-order valence-electron chi connectivity index (χ3n) is 5.75. The van der Waals surface area contributed by atoms with Gasteiger partial charge in [-0.25, -0.2) is 14.8 Å². The van der Waals surface area contributed by atoms with E-state index >= 15 is 0 Å². The first kappa shape index (κ1) is 17.9. The van der Waals surface area contributed by atoms with Gasteiger partial charge in [0, 0.05) is 25.3 Å². The Labute approximate surface area is 167 Å². The van der Waals surface area contributed by atoms with Crippen LogP contribution >= 0.6 is 0 Å². The molecule has 1 atom stereocenters. The lowest BCUT2D eigenvalue weighted by Crippen LogP contribution is -2.49. The van der Waals surface area contributed by atoms with Crippen molar-refractivity contribution in [3.8, 4) is 0 Å². The molecule has 150 valence electrons. The van der Waals surface area contributed by atoms with E-state index in [4.69, 9.17) is 0 Å². The van der Waals surface area contributed by atoms with Crippen molar-refractivity contribution in [3.05, 3.63) is 42.2 Å². The molecule has 0 aromatic carbocycles. The molecule has 1 saturated heterocycles. The summed E-state index contributed by atoms with van der Waals surface area (Å²) in [6.07, 6.45) is 3.24. The lowest BCUT2D eigenvalue weighted by molar-refractivity contribution is 0.0560. The summed E-state index contributed by atoms with van der Waals surface area (Å²) in [5.41, 5.74) is 1.12. The molecular weight excluding hydrogens is 372 g/mol. The van der Waals surface area contributed by atoms with Crippen LogP contribution < -0.4 is 20.4 Å². The van der Waals surface area contributed by atoms with Crippen molar-refractivity contribution >= 4 is 29.3 Å². The van der Waals surface area contributed by atoms with Crippen LogP contribution in [0.3, 0.4) is 0 Å². The van der Waals surface area contributed by atoms with E-state index in [0.29, 0.717) is 24.5 Å². The van der Waals surface area contributed by atoms with Crippen LogP contribution in [-0.4, -0.2) is 58.3 Å². The second-order valence-electron chi connectivity index (χ2n) is 7.74. The van der Waals surface area contributed by atoms with Crippen molar-refractivity contribution in [2.75, 3.05) is 28.2 Å². The number of anilines is 3. The van der Waals surface area contributed by atoms with E-state index in [1.165, 1.54) is 0 Å². The Morgan fingerprint density at radius 2 is 2.03 bits per heavy atom. The van der Waals surface area contributed by atoms with Crippen LogP contribution in [-0.2, 0) is 0 Å². The van der Waals surface area contributed by atoms with Gasteiger partial charge in [0.25, 0.3) is 5.91 Å². The van der Waals surface area contributed by atoms with Crippen LogP contribution in [0.1, 0.15) is 29.8 Å². The molecule has 2 bridgehead atoms. The topological polar surface area (TPSA) is 111 Å². The number of aliphatic hydroxyl groups excluding tert-OH is 1. The summed E-state index contributed by atoms with van der Waals surface area (Å²) in [5.74, 6) is 0.674. The van der Waals surface area contributed by atoms with Gasteiger partial charge >= 0.3 is 6.03 Å². The van der Waals surface area contributed by atoms with Crippen molar-refractivity contribution in [2.24, 2.45) is 0 Å². The number of nitrogens with one attached hydrogen (secondary N) is 2. The van der Waals surface area contributed by atoms with Crippen molar-refractivity contribution in [1.82, 2.24) is 15.3 Å². The highest BCUT2D eigenvalue weighted by atomic mass is 16.3. The minimum absolute atomic E-state index is 0.00111. The van der Waals surface area contributed by atoms with Gasteiger partial charge in [0.05, 0.1) is 17.8 Å². The highest BCUT2D eigenvalue weighted by molar-refractivity contribution is 6.05. The number of pyridine rings is 2. The summed E-state index contributed by atoms with van der Waals surface area (Å²) in [7, 11) is 0. The first-order valence-corrected chi connectivity index (χ1v) is 9.84.